The number of nitrogens with zero attached hydrogens (tertiary/aromatic N) is 1. The van der Waals surface area contributed by atoms with Crippen LogP contribution in [-0.2, 0) is 4.74 Å². The maximum absolute atomic E-state index is 12.3. The van der Waals surface area contributed by atoms with Gasteiger partial charge in [-0.1, -0.05) is 13.8 Å². The van der Waals surface area contributed by atoms with Gasteiger partial charge in [0.25, 0.3) is 0 Å². The molecule has 3 atom stereocenters. The van der Waals surface area contributed by atoms with Gasteiger partial charge in [-0.05, 0) is 39.5 Å². The first-order chi connectivity index (χ1) is 8.14. The Labute approximate surface area is 110 Å². The summed E-state index contributed by atoms with van der Waals surface area (Å²) in [6.45, 7) is 10.8. The van der Waals surface area contributed by atoms with Gasteiger partial charge in [0.15, 0.2) is 0 Å². The summed E-state index contributed by atoms with van der Waals surface area (Å²) >= 11 is 0. The highest BCUT2D eigenvalue weighted by Crippen LogP contribution is 2.51. The molecular weight excluding hydrogens is 228 g/mol. The molecule has 1 heterocycles. The maximum atomic E-state index is 12.3. The van der Waals surface area contributed by atoms with E-state index in [2.05, 4.69) is 13.8 Å². The quantitative estimate of drug-likeness (QED) is 0.722. The molecule has 1 aliphatic heterocycles. The lowest BCUT2D eigenvalue weighted by Gasteiger charge is -2.62. The predicted octanol–water partition coefficient (Wildman–Crippen LogP) is 2.37. The number of likely N-dealkylation sites (tertiary alicyclic amines) is 1. The summed E-state index contributed by atoms with van der Waals surface area (Å²) in [5, 5.41) is 0. The Morgan fingerprint density at radius 1 is 1.39 bits per heavy atom. The molecule has 0 bridgehead atoms. The molecule has 4 heteroatoms. The SMILES string of the molecule is CC(C)(C)OC(=O)N1CCC[C@@H]2[C@@H](N)C(C)(C)[C@@H]21. The first-order valence-electron chi connectivity index (χ1n) is 6.90. The second kappa shape index (κ2) is 4.12. The topological polar surface area (TPSA) is 55.6 Å². The summed E-state index contributed by atoms with van der Waals surface area (Å²) in [5.74, 6) is 0.446. The van der Waals surface area contributed by atoms with Crippen molar-refractivity contribution >= 4 is 6.09 Å². The van der Waals surface area contributed by atoms with Gasteiger partial charge in [0.2, 0.25) is 0 Å². The van der Waals surface area contributed by atoms with Crippen molar-refractivity contribution in [3.05, 3.63) is 0 Å². The van der Waals surface area contributed by atoms with Gasteiger partial charge in [0, 0.05) is 24.0 Å². The number of nitrogens with two attached hydrogens (primary N) is 1. The lowest BCUT2D eigenvalue weighted by molar-refractivity contribution is -0.107. The number of carbonyl (C=O) groups is 1. The number of carbonyl (C=O) groups excluding carboxylic acids is 1. The van der Waals surface area contributed by atoms with Crippen LogP contribution in [0.15, 0.2) is 0 Å². The van der Waals surface area contributed by atoms with Gasteiger partial charge in [0.05, 0.1) is 0 Å². The summed E-state index contributed by atoms with van der Waals surface area (Å²) in [5.41, 5.74) is 5.79. The smallest absolute Gasteiger partial charge is 0.410 e. The van der Waals surface area contributed by atoms with E-state index in [1.54, 1.807) is 0 Å². The van der Waals surface area contributed by atoms with Crippen molar-refractivity contribution in [2.75, 3.05) is 6.54 Å². The van der Waals surface area contributed by atoms with Gasteiger partial charge < -0.3 is 15.4 Å². The van der Waals surface area contributed by atoms with Crippen LogP contribution in [0.4, 0.5) is 4.79 Å². The summed E-state index contributed by atoms with van der Waals surface area (Å²) < 4.78 is 5.50. The predicted molar refractivity (Wildman–Crippen MR) is 71.2 cm³/mol. The molecule has 2 fully saturated rings. The molecule has 1 saturated heterocycles. The molecule has 1 saturated carbocycles. The monoisotopic (exact) mass is 254 g/mol. The minimum Gasteiger partial charge on any atom is -0.444 e. The van der Waals surface area contributed by atoms with E-state index in [1.165, 1.54) is 0 Å². The van der Waals surface area contributed by atoms with E-state index in [1.807, 2.05) is 25.7 Å². The second-order valence-electron chi connectivity index (χ2n) is 7.27. The van der Waals surface area contributed by atoms with Crippen LogP contribution in [0.3, 0.4) is 0 Å². The van der Waals surface area contributed by atoms with E-state index in [0.717, 1.165) is 19.4 Å². The number of piperidine rings is 1. The second-order valence-corrected chi connectivity index (χ2v) is 7.27. The Morgan fingerprint density at radius 3 is 2.56 bits per heavy atom. The zero-order valence-corrected chi connectivity index (χ0v) is 12.2. The molecule has 0 radical (unpaired) electrons. The molecule has 1 amide bonds. The van der Waals surface area contributed by atoms with E-state index < -0.39 is 5.60 Å². The molecule has 2 rings (SSSR count). The highest BCUT2D eigenvalue weighted by atomic mass is 16.6. The highest BCUT2D eigenvalue weighted by Gasteiger charge is 2.59. The number of hydrogen-bond donors (Lipinski definition) is 1. The van der Waals surface area contributed by atoms with Crippen LogP contribution in [0.25, 0.3) is 0 Å². The summed E-state index contributed by atoms with van der Waals surface area (Å²) in [6, 6.07) is 0.448. The maximum Gasteiger partial charge on any atom is 0.410 e. The average molecular weight is 254 g/mol. The van der Waals surface area contributed by atoms with Crippen LogP contribution in [0.2, 0.25) is 0 Å². The first kappa shape index (κ1) is 13.7. The van der Waals surface area contributed by atoms with Crippen molar-refractivity contribution in [1.29, 1.82) is 0 Å². The van der Waals surface area contributed by atoms with Crippen molar-refractivity contribution in [2.45, 2.75) is 65.1 Å². The summed E-state index contributed by atoms with van der Waals surface area (Å²) in [6.07, 6.45) is 1.98. The number of rotatable bonds is 0. The molecular formula is C14H26N2O2. The number of ether oxygens (including phenoxy) is 1. The zero-order valence-electron chi connectivity index (χ0n) is 12.2. The van der Waals surface area contributed by atoms with E-state index in [0.29, 0.717) is 5.92 Å². The molecule has 18 heavy (non-hydrogen) atoms. The molecule has 0 spiro atoms. The van der Waals surface area contributed by atoms with Crippen LogP contribution in [0, 0.1) is 11.3 Å². The molecule has 4 nitrogen and oxygen atoms in total. The largest absolute Gasteiger partial charge is 0.444 e. The molecule has 1 aliphatic carbocycles. The third kappa shape index (κ3) is 2.11. The highest BCUT2D eigenvalue weighted by molar-refractivity contribution is 5.69. The van der Waals surface area contributed by atoms with Crippen LogP contribution in [-0.4, -0.2) is 35.2 Å². The van der Waals surface area contributed by atoms with E-state index in [-0.39, 0.29) is 23.6 Å². The molecule has 0 aromatic rings. The fourth-order valence-electron chi connectivity index (χ4n) is 3.51. The lowest BCUT2D eigenvalue weighted by atomic mass is 9.53. The normalized spacial score (nSPS) is 34.6. The van der Waals surface area contributed by atoms with Crippen LogP contribution in [0.5, 0.6) is 0 Å². The molecule has 104 valence electrons. The Morgan fingerprint density at radius 2 is 2.00 bits per heavy atom. The fourth-order valence-corrected chi connectivity index (χ4v) is 3.51. The van der Waals surface area contributed by atoms with Crippen LogP contribution >= 0.6 is 0 Å². The molecule has 0 unspecified atom stereocenters. The summed E-state index contributed by atoms with van der Waals surface area (Å²) in [7, 11) is 0. The third-order valence-electron chi connectivity index (χ3n) is 4.39. The van der Waals surface area contributed by atoms with Gasteiger partial charge in [-0.15, -0.1) is 0 Å². The number of fused-ring (bicyclic) bond motifs is 1. The van der Waals surface area contributed by atoms with Crippen molar-refractivity contribution in [3.8, 4) is 0 Å². The van der Waals surface area contributed by atoms with Gasteiger partial charge in [-0.2, -0.15) is 0 Å². The molecule has 2 N–H and O–H groups in total. The Kier molecular flexibility index (Phi) is 3.13. The van der Waals surface area contributed by atoms with Crippen molar-refractivity contribution in [1.82, 2.24) is 4.90 Å². The van der Waals surface area contributed by atoms with E-state index >= 15 is 0 Å². The van der Waals surface area contributed by atoms with E-state index in [9.17, 15) is 4.79 Å². The minimum atomic E-state index is -0.431. The van der Waals surface area contributed by atoms with Gasteiger partial charge in [-0.25, -0.2) is 4.79 Å². The van der Waals surface area contributed by atoms with Gasteiger partial charge >= 0.3 is 6.09 Å². The van der Waals surface area contributed by atoms with Crippen molar-refractivity contribution < 1.29 is 9.53 Å². The molecule has 2 aliphatic rings. The Bertz CT molecular complexity index is 346. The average Bonchev–Trinajstić information content (AvgIpc) is 2.25. The third-order valence-corrected chi connectivity index (χ3v) is 4.39. The van der Waals surface area contributed by atoms with Crippen LogP contribution < -0.4 is 5.73 Å². The standard InChI is InChI=1S/C14H26N2O2/c1-13(2,3)18-12(17)16-8-6-7-9-10(15)14(4,5)11(9)16/h9-11H,6-8,15H2,1-5H3/t9-,10-,11-/m1/s1. The number of hydrogen-bond acceptors (Lipinski definition) is 3. The number of amides is 1. The fraction of sp³-hybridized carbons (Fsp3) is 0.929. The lowest BCUT2D eigenvalue weighted by Crippen LogP contribution is -2.73. The minimum absolute atomic E-state index is 0.00198. The van der Waals surface area contributed by atoms with E-state index in [4.69, 9.17) is 10.5 Å². The molecule has 0 aromatic heterocycles. The van der Waals surface area contributed by atoms with Crippen molar-refractivity contribution in [2.24, 2.45) is 17.1 Å². The first-order valence-corrected chi connectivity index (χ1v) is 6.90. The zero-order chi connectivity index (χ0) is 13.7. The van der Waals surface area contributed by atoms with Gasteiger partial charge in [0.1, 0.15) is 5.60 Å². The van der Waals surface area contributed by atoms with Crippen molar-refractivity contribution in [3.63, 3.8) is 0 Å². The summed E-state index contributed by atoms with van der Waals surface area (Å²) in [4.78, 5) is 14.2. The Balaban J connectivity index is 2.11. The Hall–Kier alpha value is -0.770. The van der Waals surface area contributed by atoms with Crippen LogP contribution in [0.1, 0.15) is 47.5 Å². The van der Waals surface area contributed by atoms with Gasteiger partial charge in [-0.3, -0.25) is 0 Å². The molecule has 0 aromatic carbocycles.